The van der Waals surface area contributed by atoms with Crippen LogP contribution in [0.1, 0.15) is 5.56 Å². The second kappa shape index (κ2) is 4.40. The Morgan fingerprint density at radius 3 is 2.41 bits per heavy atom. The van der Waals surface area contributed by atoms with Gasteiger partial charge in [-0.05, 0) is 11.6 Å². The van der Waals surface area contributed by atoms with Gasteiger partial charge in [0.2, 0.25) is 5.78 Å². The predicted molar refractivity (Wildman–Crippen MR) is 49.5 cm³/mol. The minimum absolute atomic E-state index is 0.143. The molecule has 0 aromatic heterocycles. The van der Waals surface area contributed by atoms with Gasteiger partial charge in [-0.25, -0.2) is 0 Å². The number of hydrogen-bond donors (Lipinski definition) is 1. The van der Waals surface area contributed by atoms with E-state index in [4.69, 9.17) is 5.11 Å². The van der Waals surface area contributed by atoms with Gasteiger partial charge >= 0.3 is 11.9 Å². The zero-order valence-electron chi connectivity index (χ0n) is 8.19. The first-order valence-electron chi connectivity index (χ1n) is 4.28. The van der Waals surface area contributed by atoms with E-state index in [-0.39, 0.29) is 5.56 Å². The van der Waals surface area contributed by atoms with Gasteiger partial charge in [-0.1, -0.05) is 6.07 Å². The fourth-order valence-corrected chi connectivity index (χ4v) is 1.12. The molecular formula is C9H6F3NO4. The largest absolute Gasteiger partial charge is 0.502 e. The van der Waals surface area contributed by atoms with Crippen LogP contribution in [0.5, 0.6) is 5.75 Å². The van der Waals surface area contributed by atoms with Gasteiger partial charge in [0, 0.05) is 12.5 Å². The monoisotopic (exact) mass is 249 g/mol. The number of benzene rings is 1. The number of phenols is 1. The number of nitro groups is 1. The van der Waals surface area contributed by atoms with E-state index in [1.54, 1.807) is 0 Å². The zero-order chi connectivity index (χ0) is 13.2. The molecule has 0 aliphatic carbocycles. The molecule has 0 heterocycles. The van der Waals surface area contributed by atoms with Crippen LogP contribution in [0, 0.1) is 10.1 Å². The van der Waals surface area contributed by atoms with E-state index in [1.165, 1.54) is 0 Å². The van der Waals surface area contributed by atoms with Gasteiger partial charge in [0.05, 0.1) is 4.92 Å². The third kappa shape index (κ3) is 3.16. The molecule has 0 saturated heterocycles. The number of Topliss-reactive ketones (excluding diaryl/α,β-unsaturated/α-hetero) is 1. The highest BCUT2D eigenvalue weighted by Crippen LogP contribution is 2.27. The molecule has 0 radical (unpaired) electrons. The predicted octanol–water partition coefficient (Wildman–Crippen LogP) is 1.97. The van der Waals surface area contributed by atoms with E-state index < -0.39 is 34.7 Å². The summed E-state index contributed by atoms with van der Waals surface area (Å²) in [6.07, 6.45) is -5.92. The van der Waals surface area contributed by atoms with Crippen molar-refractivity contribution in [1.29, 1.82) is 0 Å². The maximum absolute atomic E-state index is 11.9. The van der Waals surface area contributed by atoms with Crippen LogP contribution in [0.25, 0.3) is 0 Å². The molecule has 8 heteroatoms. The van der Waals surface area contributed by atoms with Crippen LogP contribution in [-0.4, -0.2) is 22.0 Å². The Hall–Kier alpha value is -2.12. The van der Waals surface area contributed by atoms with Gasteiger partial charge in [0.1, 0.15) is 0 Å². The summed E-state index contributed by atoms with van der Waals surface area (Å²) in [6, 6.07) is 2.59. The van der Waals surface area contributed by atoms with Crippen LogP contribution < -0.4 is 0 Å². The smallest absolute Gasteiger partial charge is 0.450 e. The SMILES string of the molecule is O=C(Cc1ccc([N+](=O)[O-])c(O)c1)C(F)(F)F. The fraction of sp³-hybridized carbons (Fsp3) is 0.222. The van der Waals surface area contributed by atoms with Gasteiger partial charge < -0.3 is 5.11 Å². The Morgan fingerprint density at radius 2 is 2.00 bits per heavy atom. The summed E-state index contributed by atoms with van der Waals surface area (Å²) in [4.78, 5) is 20.1. The quantitative estimate of drug-likeness (QED) is 0.656. The van der Waals surface area contributed by atoms with Crippen LogP contribution in [0.2, 0.25) is 0 Å². The first kappa shape index (κ1) is 12.9. The van der Waals surface area contributed by atoms with Gasteiger partial charge in [0.15, 0.2) is 5.75 Å². The van der Waals surface area contributed by atoms with Gasteiger partial charge in [-0.2, -0.15) is 13.2 Å². The highest BCUT2D eigenvalue weighted by Gasteiger charge is 2.37. The molecular weight excluding hydrogens is 243 g/mol. The van der Waals surface area contributed by atoms with E-state index in [0.29, 0.717) is 0 Å². The topological polar surface area (TPSA) is 80.4 Å². The first-order valence-corrected chi connectivity index (χ1v) is 4.28. The summed E-state index contributed by atoms with van der Waals surface area (Å²) in [5.41, 5.74) is -0.774. The number of nitro benzene ring substituents is 1. The number of nitrogens with zero attached hydrogens (tertiary/aromatic N) is 1. The summed E-state index contributed by atoms with van der Waals surface area (Å²) in [6.45, 7) is 0. The summed E-state index contributed by atoms with van der Waals surface area (Å²) in [5.74, 6) is -2.76. The van der Waals surface area contributed by atoms with Crippen molar-refractivity contribution in [3.8, 4) is 5.75 Å². The Labute approximate surface area is 92.6 Å². The van der Waals surface area contributed by atoms with Crippen LogP contribution in [0.3, 0.4) is 0 Å². The fourth-order valence-electron chi connectivity index (χ4n) is 1.12. The van der Waals surface area contributed by atoms with Gasteiger partial charge in [-0.15, -0.1) is 0 Å². The Kier molecular flexibility index (Phi) is 3.35. The molecule has 0 amide bonds. The van der Waals surface area contributed by atoms with Crippen molar-refractivity contribution in [2.75, 3.05) is 0 Å². The van der Waals surface area contributed by atoms with Gasteiger partial charge in [0.25, 0.3) is 0 Å². The summed E-state index contributed by atoms with van der Waals surface area (Å²) in [5, 5.41) is 19.5. The average Bonchev–Trinajstić information content (AvgIpc) is 2.15. The van der Waals surface area contributed by atoms with E-state index in [0.717, 1.165) is 18.2 Å². The number of halogens is 3. The number of ketones is 1. The van der Waals surface area contributed by atoms with Crippen molar-refractivity contribution in [2.45, 2.75) is 12.6 Å². The van der Waals surface area contributed by atoms with Crippen LogP contribution in [0.15, 0.2) is 18.2 Å². The number of hydrogen-bond acceptors (Lipinski definition) is 4. The Bertz CT molecular complexity index is 470. The summed E-state index contributed by atoms with van der Waals surface area (Å²) < 4.78 is 35.8. The normalized spacial score (nSPS) is 11.2. The van der Waals surface area contributed by atoms with E-state index in [9.17, 15) is 28.1 Å². The van der Waals surface area contributed by atoms with Crippen LogP contribution >= 0.6 is 0 Å². The molecule has 1 N–H and O–H groups in total. The molecule has 0 bridgehead atoms. The molecule has 0 atom stereocenters. The molecule has 5 nitrogen and oxygen atoms in total. The van der Waals surface area contributed by atoms with E-state index in [1.807, 2.05) is 0 Å². The lowest BCUT2D eigenvalue weighted by molar-refractivity contribution is -0.385. The number of rotatable bonds is 3. The number of phenolic OH excluding ortho intramolecular Hbond substituents is 1. The Balaban J connectivity index is 2.92. The number of alkyl halides is 3. The molecule has 92 valence electrons. The lowest BCUT2D eigenvalue weighted by Crippen LogP contribution is -2.24. The second-order valence-electron chi connectivity index (χ2n) is 3.18. The lowest BCUT2D eigenvalue weighted by atomic mass is 10.1. The minimum Gasteiger partial charge on any atom is -0.502 e. The molecule has 0 spiro atoms. The average molecular weight is 249 g/mol. The van der Waals surface area contributed by atoms with Crippen molar-refractivity contribution in [2.24, 2.45) is 0 Å². The first-order chi connectivity index (χ1) is 7.71. The van der Waals surface area contributed by atoms with Gasteiger partial charge in [-0.3, -0.25) is 14.9 Å². The Morgan fingerprint density at radius 1 is 1.41 bits per heavy atom. The standard InChI is InChI=1S/C9H6F3NO4/c10-9(11,12)8(15)4-5-1-2-6(13(16)17)7(14)3-5/h1-3,14H,4H2. The van der Waals surface area contributed by atoms with Crippen molar-refractivity contribution in [1.82, 2.24) is 0 Å². The summed E-state index contributed by atoms with van der Waals surface area (Å²) in [7, 11) is 0. The molecule has 0 aliphatic rings. The van der Waals surface area contributed by atoms with Crippen molar-refractivity contribution < 1.29 is 28.0 Å². The van der Waals surface area contributed by atoms with Crippen molar-refractivity contribution >= 4 is 11.5 Å². The molecule has 0 saturated carbocycles. The second-order valence-corrected chi connectivity index (χ2v) is 3.18. The van der Waals surface area contributed by atoms with Crippen molar-refractivity contribution in [3.05, 3.63) is 33.9 Å². The van der Waals surface area contributed by atoms with Crippen molar-refractivity contribution in [3.63, 3.8) is 0 Å². The molecule has 1 rings (SSSR count). The highest BCUT2D eigenvalue weighted by molar-refractivity contribution is 5.86. The molecule has 1 aromatic rings. The minimum atomic E-state index is -4.96. The third-order valence-corrected chi connectivity index (χ3v) is 1.92. The molecule has 17 heavy (non-hydrogen) atoms. The van der Waals surface area contributed by atoms with Crippen LogP contribution in [0.4, 0.5) is 18.9 Å². The number of carbonyl (C=O) groups excluding carboxylic acids is 1. The molecule has 0 fully saturated rings. The maximum atomic E-state index is 11.9. The lowest BCUT2D eigenvalue weighted by Gasteiger charge is -2.05. The summed E-state index contributed by atoms with van der Waals surface area (Å²) >= 11 is 0. The number of carbonyl (C=O) groups is 1. The van der Waals surface area contributed by atoms with E-state index >= 15 is 0 Å². The molecule has 0 unspecified atom stereocenters. The highest BCUT2D eigenvalue weighted by atomic mass is 19.4. The number of aromatic hydroxyl groups is 1. The maximum Gasteiger partial charge on any atom is 0.450 e. The zero-order valence-corrected chi connectivity index (χ0v) is 8.19. The molecule has 0 aliphatic heterocycles. The molecule has 1 aromatic carbocycles. The third-order valence-electron chi connectivity index (χ3n) is 1.92. The van der Waals surface area contributed by atoms with E-state index in [2.05, 4.69) is 0 Å². The van der Waals surface area contributed by atoms with Crippen LogP contribution in [-0.2, 0) is 11.2 Å².